The minimum atomic E-state index is -0.161. The highest BCUT2D eigenvalue weighted by Gasteiger charge is 2.41. The number of H-pyrrole nitrogens is 1. The Kier molecular flexibility index (Phi) is 4.33. The summed E-state index contributed by atoms with van der Waals surface area (Å²) in [6, 6.07) is 0.412. The summed E-state index contributed by atoms with van der Waals surface area (Å²) in [6.07, 6.45) is 6.78. The van der Waals surface area contributed by atoms with Crippen molar-refractivity contribution in [2.24, 2.45) is 0 Å². The largest absolute Gasteiger partial charge is 0.350 e. The van der Waals surface area contributed by atoms with Crippen LogP contribution in [0.2, 0.25) is 0 Å². The van der Waals surface area contributed by atoms with E-state index in [1.54, 1.807) is 12.4 Å². The van der Waals surface area contributed by atoms with Gasteiger partial charge in [0.05, 0.1) is 11.8 Å². The van der Waals surface area contributed by atoms with Gasteiger partial charge in [-0.25, -0.2) is 9.97 Å². The molecule has 0 aliphatic carbocycles. The van der Waals surface area contributed by atoms with Crippen LogP contribution in [0.5, 0.6) is 0 Å². The molecule has 8 heteroatoms. The normalized spacial score (nSPS) is 21.7. The van der Waals surface area contributed by atoms with Crippen LogP contribution in [0.15, 0.2) is 25.0 Å². The van der Waals surface area contributed by atoms with E-state index in [1.165, 1.54) is 6.08 Å². The van der Waals surface area contributed by atoms with Gasteiger partial charge in [0.1, 0.15) is 11.3 Å². The molecule has 0 unspecified atom stereocenters. The first-order valence-electron chi connectivity index (χ1n) is 9.32. The number of anilines is 1. The molecule has 2 amide bonds. The molecule has 5 heterocycles. The van der Waals surface area contributed by atoms with Crippen LogP contribution in [0.3, 0.4) is 0 Å². The van der Waals surface area contributed by atoms with Gasteiger partial charge in [0, 0.05) is 37.4 Å². The number of aromatic amines is 1. The molecule has 0 aromatic carbocycles. The maximum Gasteiger partial charge on any atom is 0.255 e. The number of hydrogen-bond acceptors (Lipinski definition) is 5. The molecule has 3 fully saturated rings. The minimum absolute atomic E-state index is 0.0100. The second-order valence-electron chi connectivity index (χ2n) is 7.49. The molecular formula is C19H24N6O2. The monoisotopic (exact) mass is 368 g/mol. The van der Waals surface area contributed by atoms with E-state index in [0.29, 0.717) is 23.3 Å². The van der Waals surface area contributed by atoms with Crippen molar-refractivity contribution in [2.75, 3.05) is 18.0 Å². The van der Waals surface area contributed by atoms with Gasteiger partial charge >= 0.3 is 0 Å². The Balaban J connectivity index is 1.62. The number of rotatable bonds is 4. The van der Waals surface area contributed by atoms with E-state index in [9.17, 15) is 9.59 Å². The van der Waals surface area contributed by atoms with Gasteiger partial charge in [-0.3, -0.25) is 9.59 Å². The molecule has 142 valence electrons. The van der Waals surface area contributed by atoms with Gasteiger partial charge in [-0.05, 0) is 32.8 Å². The third-order valence-corrected chi connectivity index (χ3v) is 5.31. The number of nitrogens with zero attached hydrogens (tertiary/aromatic N) is 4. The summed E-state index contributed by atoms with van der Waals surface area (Å²) in [5.41, 5.74) is 1.67. The molecule has 2 aromatic heterocycles. The Morgan fingerprint density at radius 2 is 2.11 bits per heavy atom. The number of piperazine rings is 1. The van der Waals surface area contributed by atoms with Crippen LogP contribution in [0.1, 0.15) is 37.0 Å². The average molecular weight is 368 g/mol. The first-order valence-corrected chi connectivity index (χ1v) is 9.32. The van der Waals surface area contributed by atoms with E-state index in [1.807, 2.05) is 18.7 Å². The van der Waals surface area contributed by atoms with E-state index in [-0.39, 0.29) is 29.9 Å². The zero-order valence-corrected chi connectivity index (χ0v) is 15.6. The fourth-order valence-electron chi connectivity index (χ4n) is 4.03. The smallest absolute Gasteiger partial charge is 0.255 e. The van der Waals surface area contributed by atoms with Crippen LogP contribution in [-0.2, 0) is 4.79 Å². The van der Waals surface area contributed by atoms with Crippen molar-refractivity contribution in [1.82, 2.24) is 25.2 Å². The van der Waals surface area contributed by atoms with E-state index in [0.717, 1.165) is 25.2 Å². The van der Waals surface area contributed by atoms with Crippen LogP contribution < -0.4 is 10.2 Å². The number of nitrogens with one attached hydrogen (secondary N) is 2. The summed E-state index contributed by atoms with van der Waals surface area (Å²) in [5, 5.41) is 2.89. The Hall–Kier alpha value is -2.90. The number of piperidine rings is 2. The van der Waals surface area contributed by atoms with Crippen molar-refractivity contribution in [1.29, 1.82) is 0 Å². The fraction of sp³-hybridized carbons (Fsp3) is 0.474. The summed E-state index contributed by atoms with van der Waals surface area (Å²) in [7, 11) is 0. The summed E-state index contributed by atoms with van der Waals surface area (Å²) < 4.78 is 0. The quantitative estimate of drug-likeness (QED) is 0.797. The Labute approximate surface area is 157 Å². The second kappa shape index (κ2) is 6.68. The van der Waals surface area contributed by atoms with Crippen molar-refractivity contribution in [3.05, 3.63) is 30.6 Å². The fourth-order valence-corrected chi connectivity index (χ4v) is 4.03. The van der Waals surface area contributed by atoms with Crippen molar-refractivity contribution in [3.8, 4) is 0 Å². The maximum atomic E-state index is 12.4. The molecule has 27 heavy (non-hydrogen) atoms. The summed E-state index contributed by atoms with van der Waals surface area (Å²) in [5.74, 6) is 0.580. The Morgan fingerprint density at radius 3 is 2.78 bits per heavy atom. The molecule has 0 spiro atoms. The first-order chi connectivity index (χ1) is 13.0. The molecule has 8 nitrogen and oxygen atoms in total. The van der Waals surface area contributed by atoms with Gasteiger partial charge in [0.2, 0.25) is 5.91 Å². The number of carbonyl (C=O) groups excluding carboxylic acids is 2. The Morgan fingerprint density at radius 1 is 1.33 bits per heavy atom. The van der Waals surface area contributed by atoms with Crippen LogP contribution in [0, 0.1) is 0 Å². The maximum absolute atomic E-state index is 12.4. The van der Waals surface area contributed by atoms with Gasteiger partial charge in [-0.15, -0.1) is 0 Å². The van der Waals surface area contributed by atoms with E-state index >= 15 is 0 Å². The lowest BCUT2D eigenvalue weighted by Crippen LogP contribution is -2.64. The molecule has 2 N–H and O–H groups in total. The molecule has 3 aliphatic rings. The molecule has 2 bridgehead atoms. The Bertz CT molecular complexity index is 905. The number of hydrogen-bond donors (Lipinski definition) is 2. The third-order valence-electron chi connectivity index (χ3n) is 5.31. The van der Waals surface area contributed by atoms with Crippen LogP contribution in [0.25, 0.3) is 11.2 Å². The number of amides is 2. The van der Waals surface area contributed by atoms with Gasteiger partial charge in [0.25, 0.3) is 5.91 Å². The molecule has 0 radical (unpaired) electrons. The number of carbonyl (C=O) groups is 2. The molecular weight excluding hydrogens is 344 g/mol. The SMILES string of the molecule is C=CC(=O)N1C[C@H]2CC[C@@H]1CN2c1cnc2[nH]cc(C(=O)NC(C)C)c2n1. The van der Waals surface area contributed by atoms with Crippen molar-refractivity contribution >= 4 is 28.8 Å². The van der Waals surface area contributed by atoms with E-state index in [2.05, 4.69) is 26.8 Å². The molecule has 2 atom stereocenters. The zero-order valence-electron chi connectivity index (χ0n) is 15.6. The zero-order chi connectivity index (χ0) is 19.1. The van der Waals surface area contributed by atoms with Gasteiger partial charge in [-0.1, -0.05) is 6.58 Å². The lowest BCUT2D eigenvalue weighted by molar-refractivity contribution is -0.131. The molecule has 5 rings (SSSR count). The lowest BCUT2D eigenvalue weighted by atomic mass is 9.90. The third kappa shape index (κ3) is 3.05. The number of aromatic nitrogens is 3. The summed E-state index contributed by atoms with van der Waals surface area (Å²) in [6.45, 7) is 8.84. The van der Waals surface area contributed by atoms with Crippen molar-refractivity contribution < 1.29 is 9.59 Å². The predicted molar refractivity (Wildman–Crippen MR) is 103 cm³/mol. The highest BCUT2D eigenvalue weighted by molar-refractivity contribution is 6.04. The van der Waals surface area contributed by atoms with Crippen molar-refractivity contribution in [3.63, 3.8) is 0 Å². The van der Waals surface area contributed by atoms with Gasteiger partial charge < -0.3 is 20.1 Å². The van der Waals surface area contributed by atoms with Gasteiger partial charge in [-0.2, -0.15) is 0 Å². The number of fused-ring (bicyclic) bond motifs is 4. The van der Waals surface area contributed by atoms with Crippen molar-refractivity contribution in [2.45, 2.75) is 44.8 Å². The van der Waals surface area contributed by atoms with Crippen LogP contribution in [-0.4, -0.2) is 62.9 Å². The van der Waals surface area contributed by atoms with E-state index < -0.39 is 0 Å². The predicted octanol–water partition coefficient (Wildman–Crippen LogP) is 1.46. The van der Waals surface area contributed by atoms with E-state index in [4.69, 9.17) is 4.98 Å². The standard InChI is InChI=1S/C19H24N6O2/c1-4-16(26)25-10-12-5-6-13(25)9-24(12)15-8-21-18-17(23-15)14(7-20-18)19(27)22-11(2)3/h4,7-8,11-13H,1,5-6,9-10H2,2-3H3,(H,20,21)(H,22,27)/t12-,13-/m1/s1. The molecule has 3 saturated heterocycles. The average Bonchev–Trinajstić information content (AvgIpc) is 3.10. The lowest BCUT2D eigenvalue weighted by Gasteiger charge is -2.51. The topological polar surface area (TPSA) is 94.2 Å². The van der Waals surface area contributed by atoms with Crippen LogP contribution in [0.4, 0.5) is 5.82 Å². The summed E-state index contributed by atoms with van der Waals surface area (Å²) in [4.78, 5) is 40.8. The minimum Gasteiger partial charge on any atom is -0.350 e. The highest BCUT2D eigenvalue weighted by Crippen LogP contribution is 2.32. The van der Waals surface area contributed by atoms with Crippen LogP contribution >= 0.6 is 0 Å². The first kappa shape index (κ1) is 17.5. The second-order valence-corrected chi connectivity index (χ2v) is 7.49. The highest BCUT2D eigenvalue weighted by atomic mass is 16.2. The van der Waals surface area contributed by atoms with Gasteiger partial charge in [0.15, 0.2) is 5.65 Å². The summed E-state index contributed by atoms with van der Waals surface area (Å²) >= 11 is 0. The molecule has 0 saturated carbocycles. The molecule has 3 aliphatic heterocycles. The molecule has 2 aromatic rings.